The number of carbonyl (C=O) groups is 1. The van der Waals surface area contributed by atoms with Crippen molar-refractivity contribution < 1.29 is 24.1 Å². The van der Waals surface area contributed by atoms with Crippen molar-refractivity contribution in [3.8, 4) is 28.7 Å². The topological polar surface area (TPSA) is 147 Å². The lowest BCUT2D eigenvalue weighted by atomic mass is 10.0. The van der Waals surface area contributed by atoms with Crippen LogP contribution in [0.3, 0.4) is 0 Å². The first kappa shape index (κ1) is 22.8. The number of nitrogens with zero attached hydrogens (tertiary/aromatic N) is 2. The van der Waals surface area contributed by atoms with Gasteiger partial charge in [-0.05, 0) is 48.7 Å². The summed E-state index contributed by atoms with van der Waals surface area (Å²) < 4.78 is 18.4. The summed E-state index contributed by atoms with van der Waals surface area (Å²) in [5, 5.41) is 12.2. The maximum atomic E-state index is 13.0. The van der Waals surface area contributed by atoms with Crippen molar-refractivity contribution in [3.05, 3.63) is 62.8 Å². The number of nitrogens with two attached hydrogens (primary N) is 1. The fourth-order valence-electron chi connectivity index (χ4n) is 3.89. The Morgan fingerprint density at radius 1 is 1.21 bits per heavy atom. The number of amides is 1. The highest BCUT2D eigenvalue weighted by molar-refractivity contribution is 5.96. The molecule has 4 N–H and O–H groups in total. The Labute approximate surface area is 193 Å². The van der Waals surface area contributed by atoms with Crippen LogP contribution >= 0.6 is 0 Å². The first-order valence-electron chi connectivity index (χ1n) is 10.4. The molecule has 0 radical (unpaired) electrons. The number of benzene rings is 2. The van der Waals surface area contributed by atoms with Crippen LogP contribution in [-0.2, 0) is 18.3 Å². The molecular formula is C23H24N4O7. The van der Waals surface area contributed by atoms with Crippen LogP contribution in [-0.4, -0.2) is 40.5 Å². The zero-order valence-corrected chi connectivity index (χ0v) is 18.8. The molecular weight excluding hydrogens is 444 g/mol. The molecule has 34 heavy (non-hydrogen) atoms. The predicted molar refractivity (Wildman–Crippen MR) is 124 cm³/mol. The average molecular weight is 468 g/mol. The van der Waals surface area contributed by atoms with Gasteiger partial charge in [0.25, 0.3) is 11.5 Å². The molecule has 4 rings (SSSR count). The number of carbonyl (C=O) groups excluding carboxylic acids is 1. The van der Waals surface area contributed by atoms with E-state index in [1.807, 2.05) is 0 Å². The fraction of sp³-hybridized carbons (Fsp3) is 0.261. The van der Waals surface area contributed by atoms with Gasteiger partial charge in [0.05, 0.1) is 19.9 Å². The number of fused-ring (bicyclic) bond motifs is 1. The van der Waals surface area contributed by atoms with Gasteiger partial charge in [-0.2, -0.15) is 0 Å². The molecule has 1 amide bonds. The monoisotopic (exact) mass is 468 g/mol. The van der Waals surface area contributed by atoms with Gasteiger partial charge in [0.1, 0.15) is 23.0 Å². The van der Waals surface area contributed by atoms with Gasteiger partial charge in [-0.1, -0.05) is 6.07 Å². The minimum Gasteiger partial charge on any atom is -0.508 e. The van der Waals surface area contributed by atoms with Crippen LogP contribution in [0.4, 0.5) is 11.5 Å². The highest BCUT2D eigenvalue weighted by Gasteiger charge is 2.29. The van der Waals surface area contributed by atoms with Gasteiger partial charge >= 0.3 is 5.69 Å². The van der Waals surface area contributed by atoms with Crippen molar-refractivity contribution in [2.24, 2.45) is 7.05 Å². The molecule has 3 aromatic rings. The Morgan fingerprint density at radius 2 is 1.97 bits per heavy atom. The Morgan fingerprint density at radius 3 is 2.68 bits per heavy atom. The molecule has 0 aliphatic carbocycles. The number of nitrogens with one attached hydrogen (secondary N) is 1. The van der Waals surface area contributed by atoms with E-state index in [1.165, 1.54) is 27.3 Å². The summed E-state index contributed by atoms with van der Waals surface area (Å²) in [5.74, 6) is 0.295. The summed E-state index contributed by atoms with van der Waals surface area (Å²) in [4.78, 5) is 38.8. The van der Waals surface area contributed by atoms with Crippen LogP contribution in [0.1, 0.15) is 12.0 Å². The lowest BCUT2D eigenvalue weighted by molar-refractivity contribution is -0.123. The van der Waals surface area contributed by atoms with E-state index >= 15 is 0 Å². The van der Waals surface area contributed by atoms with E-state index < -0.39 is 23.3 Å². The Bertz CT molecular complexity index is 1390. The highest BCUT2D eigenvalue weighted by atomic mass is 16.5. The maximum Gasteiger partial charge on any atom is 0.337 e. The summed E-state index contributed by atoms with van der Waals surface area (Å²) in [7, 11) is 4.14. The number of ether oxygens (including phenoxy) is 3. The SMILES string of the molecule is COc1cccc(-n2c(N)c(NC(=O)C3CCc4cc(O)ccc4O3)c(=O)n(C)c2=O)c1OC. The number of para-hydroxylation sites is 1. The number of anilines is 2. The zero-order valence-electron chi connectivity index (χ0n) is 18.8. The second-order valence-corrected chi connectivity index (χ2v) is 7.68. The van der Waals surface area contributed by atoms with Crippen LogP contribution < -0.4 is 36.5 Å². The molecule has 0 spiro atoms. The first-order valence-corrected chi connectivity index (χ1v) is 10.4. The number of nitrogen functional groups attached to an aromatic ring is 1. The van der Waals surface area contributed by atoms with E-state index in [9.17, 15) is 19.5 Å². The van der Waals surface area contributed by atoms with Gasteiger partial charge in [-0.3, -0.25) is 14.2 Å². The van der Waals surface area contributed by atoms with E-state index in [0.29, 0.717) is 24.3 Å². The average Bonchev–Trinajstić information content (AvgIpc) is 2.84. The Balaban J connectivity index is 1.74. The quantitative estimate of drug-likeness (QED) is 0.506. The number of methoxy groups -OCH3 is 2. The number of aromatic hydroxyl groups is 1. The molecule has 0 bridgehead atoms. The van der Waals surface area contributed by atoms with Gasteiger partial charge in [0.2, 0.25) is 0 Å². The van der Waals surface area contributed by atoms with E-state index in [1.54, 1.807) is 30.3 Å². The number of rotatable bonds is 5. The van der Waals surface area contributed by atoms with Crippen LogP contribution in [0.25, 0.3) is 5.69 Å². The molecule has 2 aromatic carbocycles. The van der Waals surface area contributed by atoms with Crippen LogP contribution in [0.2, 0.25) is 0 Å². The molecule has 1 aromatic heterocycles. The summed E-state index contributed by atoms with van der Waals surface area (Å²) in [6.45, 7) is 0. The van der Waals surface area contributed by atoms with Gasteiger partial charge in [0.15, 0.2) is 17.6 Å². The second-order valence-electron chi connectivity index (χ2n) is 7.68. The Hall–Kier alpha value is -4.41. The number of phenolic OH excluding ortho intramolecular Hbond substituents is 1. The summed E-state index contributed by atoms with van der Waals surface area (Å²) in [6, 6.07) is 9.47. The number of hydrogen-bond acceptors (Lipinski definition) is 8. The van der Waals surface area contributed by atoms with Crippen molar-refractivity contribution in [3.63, 3.8) is 0 Å². The van der Waals surface area contributed by atoms with Crippen LogP contribution in [0, 0.1) is 0 Å². The molecule has 1 atom stereocenters. The molecule has 1 aliphatic rings. The third-order valence-electron chi connectivity index (χ3n) is 5.65. The van der Waals surface area contributed by atoms with Crippen molar-refractivity contribution >= 4 is 17.4 Å². The van der Waals surface area contributed by atoms with Crippen molar-refractivity contribution in [2.75, 3.05) is 25.3 Å². The maximum absolute atomic E-state index is 13.0. The van der Waals surface area contributed by atoms with Gasteiger partial charge in [-0.15, -0.1) is 0 Å². The standard InChI is InChI=1S/C23H24N4O7/c1-26-22(30)18(25-21(29)17-9-7-12-11-13(28)8-10-15(12)34-17)20(24)27(23(26)31)14-5-4-6-16(32-2)19(14)33-3/h4-6,8,10-11,17,28H,7,9,24H2,1-3H3,(H,25,29). The first-order chi connectivity index (χ1) is 16.3. The highest BCUT2D eigenvalue weighted by Crippen LogP contribution is 2.35. The molecule has 0 saturated carbocycles. The summed E-state index contributed by atoms with van der Waals surface area (Å²) >= 11 is 0. The number of aryl methyl sites for hydroxylation is 1. The lowest BCUT2D eigenvalue weighted by Gasteiger charge is -2.25. The number of phenols is 1. The minimum absolute atomic E-state index is 0.108. The summed E-state index contributed by atoms with van der Waals surface area (Å²) in [5.41, 5.74) is 5.49. The summed E-state index contributed by atoms with van der Waals surface area (Å²) in [6.07, 6.45) is -0.0744. The molecule has 1 aliphatic heterocycles. The Kier molecular flexibility index (Phi) is 5.93. The third-order valence-corrected chi connectivity index (χ3v) is 5.65. The molecule has 11 heteroatoms. The molecule has 0 fully saturated rings. The third kappa shape index (κ3) is 3.81. The number of hydrogen-bond donors (Lipinski definition) is 3. The lowest BCUT2D eigenvalue weighted by Crippen LogP contribution is -2.43. The molecule has 11 nitrogen and oxygen atoms in total. The van der Waals surface area contributed by atoms with E-state index in [4.69, 9.17) is 19.9 Å². The minimum atomic E-state index is -0.895. The van der Waals surface area contributed by atoms with Gasteiger partial charge in [-0.25, -0.2) is 9.36 Å². The fourth-order valence-corrected chi connectivity index (χ4v) is 3.89. The van der Waals surface area contributed by atoms with Gasteiger partial charge < -0.3 is 30.4 Å². The largest absolute Gasteiger partial charge is 0.508 e. The van der Waals surface area contributed by atoms with Crippen molar-refractivity contribution in [1.82, 2.24) is 9.13 Å². The normalized spacial score (nSPS) is 14.6. The molecule has 1 unspecified atom stereocenters. The van der Waals surface area contributed by atoms with Crippen LogP contribution in [0.5, 0.6) is 23.0 Å². The van der Waals surface area contributed by atoms with E-state index in [0.717, 1.165) is 14.7 Å². The predicted octanol–water partition coefficient (Wildman–Crippen LogP) is 1.17. The molecule has 0 saturated heterocycles. The zero-order chi connectivity index (χ0) is 24.6. The smallest absolute Gasteiger partial charge is 0.337 e. The molecule has 2 heterocycles. The van der Waals surface area contributed by atoms with E-state index in [2.05, 4.69) is 5.32 Å². The van der Waals surface area contributed by atoms with E-state index in [-0.39, 0.29) is 28.7 Å². The molecule has 178 valence electrons. The second kappa shape index (κ2) is 8.85. The number of aromatic nitrogens is 2. The van der Waals surface area contributed by atoms with Crippen molar-refractivity contribution in [1.29, 1.82) is 0 Å². The van der Waals surface area contributed by atoms with Crippen LogP contribution in [0.15, 0.2) is 46.0 Å². The van der Waals surface area contributed by atoms with Crippen molar-refractivity contribution in [2.45, 2.75) is 18.9 Å². The van der Waals surface area contributed by atoms with Gasteiger partial charge in [0, 0.05) is 7.05 Å².